The van der Waals surface area contributed by atoms with Crippen molar-refractivity contribution in [2.24, 2.45) is 11.8 Å². The average molecular weight is 385 g/mol. The molecule has 0 unspecified atom stereocenters. The minimum atomic E-state index is -0.260. The first-order valence-electron chi connectivity index (χ1n) is 9.83. The van der Waals surface area contributed by atoms with Gasteiger partial charge in [0.25, 0.3) is 0 Å². The molecule has 0 N–H and O–H groups in total. The minimum absolute atomic E-state index is 0.0678. The van der Waals surface area contributed by atoms with Crippen LogP contribution in [0.5, 0.6) is 0 Å². The molecule has 2 aliphatic heterocycles. The molecule has 1 aliphatic carbocycles. The SMILES string of the molecule is O=C(CCN1C(=O)[C@@H]2CC=CC[C@H]2C1=O)N1CCN(c2ccccc2F)CC1. The number of likely N-dealkylation sites (tertiary alicyclic amines) is 1. The summed E-state index contributed by atoms with van der Waals surface area (Å²) in [6, 6.07) is 6.63. The molecule has 6 nitrogen and oxygen atoms in total. The summed E-state index contributed by atoms with van der Waals surface area (Å²) in [5.41, 5.74) is 0.555. The van der Waals surface area contributed by atoms with E-state index in [0.717, 1.165) is 0 Å². The molecule has 0 radical (unpaired) electrons. The maximum Gasteiger partial charge on any atom is 0.233 e. The van der Waals surface area contributed by atoms with Crippen LogP contribution in [0.25, 0.3) is 0 Å². The zero-order valence-electron chi connectivity index (χ0n) is 15.7. The second-order valence-corrected chi connectivity index (χ2v) is 7.55. The van der Waals surface area contributed by atoms with Crippen LogP contribution in [0.15, 0.2) is 36.4 Å². The van der Waals surface area contributed by atoms with Crippen LogP contribution in [0.2, 0.25) is 0 Å². The van der Waals surface area contributed by atoms with Gasteiger partial charge < -0.3 is 9.80 Å². The third-order valence-electron chi connectivity index (χ3n) is 5.97. The number of fused-ring (bicyclic) bond motifs is 1. The number of carbonyl (C=O) groups is 3. The molecule has 1 aromatic carbocycles. The number of carbonyl (C=O) groups excluding carboxylic acids is 3. The van der Waals surface area contributed by atoms with Gasteiger partial charge in [-0.1, -0.05) is 24.3 Å². The highest BCUT2D eigenvalue weighted by Gasteiger charge is 2.47. The van der Waals surface area contributed by atoms with Crippen molar-refractivity contribution in [1.29, 1.82) is 0 Å². The largest absolute Gasteiger partial charge is 0.366 e. The summed E-state index contributed by atoms with van der Waals surface area (Å²) in [7, 11) is 0. The minimum Gasteiger partial charge on any atom is -0.366 e. The van der Waals surface area contributed by atoms with Gasteiger partial charge in [0.05, 0.1) is 17.5 Å². The first-order chi connectivity index (χ1) is 13.6. The van der Waals surface area contributed by atoms with Crippen LogP contribution in [-0.4, -0.2) is 60.2 Å². The lowest BCUT2D eigenvalue weighted by atomic mass is 9.85. The van der Waals surface area contributed by atoms with E-state index >= 15 is 0 Å². The first-order valence-corrected chi connectivity index (χ1v) is 9.83. The zero-order chi connectivity index (χ0) is 19.7. The number of para-hydroxylation sites is 1. The average Bonchev–Trinajstić information content (AvgIpc) is 2.97. The standard InChI is InChI=1S/C21H24FN3O3/c22-17-7-3-4-8-18(17)23-11-13-24(14-12-23)19(26)9-10-25-20(27)15-5-1-2-6-16(15)21(25)28/h1-4,7-8,15-16H,5-6,9-14H2/t15-,16-/m1/s1. The topological polar surface area (TPSA) is 60.9 Å². The molecule has 2 saturated heterocycles. The fourth-order valence-electron chi connectivity index (χ4n) is 4.36. The summed E-state index contributed by atoms with van der Waals surface area (Å²) >= 11 is 0. The monoisotopic (exact) mass is 385 g/mol. The predicted molar refractivity (Wildman–Crippen MR) is 102 cm³/mol. The van der Waals surface area contributed by atoms with E-state index in [0.29, 0.717) is 44.7 Å². The Balaban J connectivity index is 1.29. The number of hydrogen-bond donors (Lipinski definition) is 0. The van der Waals surface area contributed by atoms with Crippen molar-refractivity contribution in [3.05, 3.63) is 42.2 Å². The normalized spacial score (nSPS) is 24.7. The summed E-state index contributed by atoms with van der Waals surface area (Å²) in [6.45, 7) is 2.28. The van der Waals surface area contributed by atoms with Crippen molar-refractivity contribution in [2.45, 2.75) is 19.3 Å². The molecule has 0 aromatic heterocycles. The van der Waals surface area contributed by atoms with Crippen molar-refractivity contribution in [1.82, 2.24) is 9.80 Å². The van der Waals surface area contributed by atoms with E-state index in [9.17, 15) is 18.8 Å². The molecule has 1 aromatic rings. The van der Waals surface area contributed by atoms with Gasteiger partial charge in [-0.25, -0.2) is 4.39 Å². The molecule has 2 fully saturated rings. The summed E-state index contributed by atoms with van der Waals surface area (Å²) in [5.74, 6) is -1.12. The number of halogens is 1. The molecule has 28 heavy (non-hydrogen) atoms. The fourth-order valence-corrected chi connectivity index (χ4v) is 4.36. The Hall–Kier alpha value is -2.70. The van der Waals surface area contributed by atoms with Crippen LogP contribution >= 0.6 is 0 Å². The molecule has 2 heterocycles. The number of amides is 3. The van der Waals surface area contributed by atoms with E-state index < -0.39 is 0 Å². The number of rotatable bonds is 4. The van der Waals surface area contributed by atoms with E-state index in [1.165, 1.54) is 11.0 Å². The summed E-state index contributed by atoms with van der Waals surface area (Å²) < 4.78 is 13.9. The Kier molecular flexibility index (Phi) is 5.15. The van der Waals surface area contributed by atoms with Gasteiger partial charge in [-0.05, 0) is 25.0 Å². The van der Waals surface area contributed by atoms with E-state index in [4.69, 9.17) is 0 Å². The molecular weight excluding hydrogens is 361 g/mol. The summed E-state index contributed by atoms with van der Waals surface area (Å²) in [6.07, 6.45) is 5.27. The molecule has 148 valence electrons. The van der Waals surface area contributed by atoms with Crippen molar-refractivity contribution in [3.63, 3.8) is 0 Å². The predicted octanol–water partition coefficient (Wildman–Crippen LogP) is 1.82. The van der Waals surface area contributed by atoms with Gasteiger partial charge in [0.1, 0.15) is 5.82 Å². The number of imide groups is 1. The maximum atomic E-state index is 13.9. The van der Waals surface area contributed by atoms with E-state index in [1.807, 2.05) is 17.1 Å². The summed E-state index contributed by atoms with van der Waals surface area (Å²) in [4.78, 5) is 42.5. The first kappa shape index (κ1) is 18.7. The van der Waals surface area contributed by atoms with Gasteiger partial charge in [0.2, 0.25) is 17.7 Å². The van der Waals surface area contributed by atoms with Crippen molar-refractivity contribution < 1.29 is 18.8 Å². The Morgan fingerprint density at radius 1 is 0.964 bits per heavy atom. The lowest BCUT2D eigenvalue weighted by molar-refractivity contribution is -0.140. The van der Waals surface area contributed by atoms with Gasteiger partial charge in [0.15, 0.2) is 0 Å². The number of allylic oxidation sites excluding steroid dienone is 2. The van der Waals surface area contributed by atoms with Crippen LogP contribution in [0.1, 0.15) is 19.3 Å². The molecule has 4 rings (SSSR count). The second kappa shape index (κ2) is 7.73. The van der Waals surface area contributed by atoms with Gasteiger partial charge in [-0.3, -0.25) is 19.3 Å². The molecule has 0 bridgehead atoms. The van der Waals surface area contributed by atoms with Gasteiger partial charge in [-0.15, -0.1) is 0 Å². The highest BCUT2D eigenvalue weighted by atomic mass is 19.1. The molecule has 0 saturated carbocycles. The maximum absolute atomic E-state index is 13.9. The number of benzene rings is 1. The Morgan fingerprint density at radius 2 is 1.57 bits per heavy atom. The molecule has 0 spiro atoms. The van der Waals surface area contributed by atoms with Crippen LogP contribution in [0.3, 0.4) is 0 Å². The van der Waals surface area contributed by atoms with Gasteiger partial charge >= 0.3 is 0 Å². The highest BCUT2D eigenvalue weighted by Crippen LogP contribution is 2.35. The second-order valence-electron chi connectivity index (χ2n) is 7.55. The number of hydrogen-bond acceptors (Lipinski definition) is 4. The van der Waals surface area contributed by atoms with Crippen molar-refractivity contribution in [2.75, 3.05) is 37.6 Å². The number of nitrogens with zero attached hydrogens (tertiary/aromatic N) is 3. The highest BCUT2D eigenvalue weighted by molar-refractivity contribution is 6.05. The third kappa shape index (κ3) is 3.41. The Bertz CT molecular complexity index is 791. The fraction of sp³-hybridized carbons (Fsp3) is 0.476. The van der Waals surface area contributed by atoms with Crippen LogP contribution < -0.4 is 4.90 Å². The quantitative estimate of drug-likeness (QED) is 0.586. The van der Waals surface area contributed by atoms with Crippen LogP contribution in [-0.2, 0) is 14.4 Å². The molecule has 3 aliphatic rings. The van der Waals surface area contributed by atoms with Gasteiger partial charge in [0, 0.05) is 39.1 Å². The molecular formula is C21H24FN3O3. The summed E-state index contributed by atoms with van der Waals surface area (Å²) in [5, 5.41) is 0. The van der Waals surface area contributed by atoms with Crippen molar-refractivity contribution >= 4 is 23.4 Å². The molecule has 2 atom stereocenters. The molecule has 7 heteroatoms. The number of piperazine rings is 1. The lowest BCUT2D eigenvalue weighted by Gasteiger charge is -2.36. The van der Waals surface area contributed by atoms with E-state index in [-0.39, 0.29) is 48.3 Å². The molecule has 3 amide bonds. The van der Waals surface area contributed by atoms with E-state index in [1.54, 1.807) is 23.1 Å². The Labute approximate surface area is 163 Å². The van der Waals surface area contributed by atoms with Gasteiger partial charge in [-0.2, -0.15) is 0 Å². The van der Waals surface area contributed by atoms with Crippen molar-refractivity contribution in [3.8, 4) is 0 Å². The lowest BCUT2D eigenvalue weighted by Crippen LogP contribution is -2.49. The smallest absolute Gasteiger partial charge is 0.233 e. The zero-order valence-corrected chi connectivity index (χ0v) is 15.7. The number of anilines is 1. The Morgan fingerprint density at radius 3 is 2.18 bits per heavy atom. The van der Waals surface area contributed by atoms with E-state index in [2.05, 4.69) is 0 Å². The third-order valence-corrected chi connectivity index (χ3v) is 5.97. The van der Waals surface area contributed by atoms with Crippen LogP contribution in [0.4, 0.5) is 10.1 Å². The van der Waals surface area contributed by atoms with Crippen LogP contribution in [0, 0.1) is 17.7 Å².